The molecule has 0 spiro atoms. The van der Waals surface area contributed by atoms with Gasteiger partial charge in [0.1, 0.15) is 0 Å². The fraction of sp³-hybridized carbons (Fsp3) is 0.857. The molecule has 0 fully saturated rings. The highest BCUT2D eigenvalue weighted by Gasteiger charge is 2.37. The third kappa shape index (κ3) is 5.12. The molecule has 0 amide bonds. The second-order valence-electron chi connectivity index (χ2n) is 3.41. The van der Waals surface area contributed by atoms with Gasteiger partial charge in [0, 0.05) is 12.0 Å². The summed E-state index contributed by atoms with van der Waals surface area (Å²) >= 11 is 0. The predicted molar refractivity (Wildman–Crippen MR) is 38.6 cm³/mol. The van der Waals surface area contributed by atoms with Crippen molar-refractivity contribution in [3.05, 3.63) is 0 Å². The smallest absolute Gasteiger partial charge is 0.326 e. The number of nitrogens with two attached hydrogens (primary N) is 1. The number of rotatable bonds is 3. The molecule has 0 bridgehead atoms. The first-order valence-corrected chi connectivity index (χ1v) is 3.52. The Hall–Kier alpha value is -0.580. The molecule has 0 saturated heterocycles. The average Bonchev–Trinajstić information content (AvgIpc) is 1.78. The van der Waals surface area contributed by atoms with Crippen LogP contribution in [0.1, 0.15) is 26.7 Å². The normalized spacial score (nSPS) is 13.2. The van der Waals surface area contributed by atoms with E-state index in [2.05, 4.69) is 0 Å². The van der Waals surface area contributed by atoms with Crippen LogP contribution < -0.4 is 5.73 Å². The zero-order valence-electron chi connectivity index (χ0n) is 7.03. The van der Waals surface area contributed by atoms with Gasteiger partial charge in [0.2, 0.25) is 5.78 Å². The van der Waals surface area contributed by atoms with Gasteiger partial charge in [0.05, 0.1) is 0 Å². The van der Waals surface area contributed by atoms with Crippen molar-refractivity contribution in [2.75, 3.05) is 0 Å². The van der Waals surface area contributed by atoms with Gasteiger partial charge in [0.25, 0.3) is 0 Å². The summed E-state index contributed by atoms with van der Waals surface area (Å²) in [5.74, 6) is -1.71. The topological polar surface area (TPSA) is 43.1 Å². The molecule has 12 heavy (non-hydrogen) atoms. The van der Waals surface area contributed by atoms with Gasteiger partial charge in [-0.3, -0.25) is 4.79 Å². The molecule has 0 rings (SSSR count). The SMILES string of the molecule is CC(C)(N)CCC(=O)C(F)(F)F. The Morgan fingerprint density at radius 1 is 1.33 bits per heavy atom. The van der Waals surface area contributed by atoms with E-state index >= 15 is 0 Å². The van der Waals surface area contributed by atoms with Crippen molar-refractivity contribution < 1.29 is 18.0 Å². The monoisotopic (exact) mass is 183 g/mol. The average molecular weight is 183 g/mol. The molecule has 0 aromatic carbocycles. The van der Waals surface area contributed by atoms with E-state index in [1.807, 2.05) is 0 Å². The van der Waals surface area contributed by atoms with Gasteiger partial charge in [-0.2, -0.15) is 13.2 Å². The molecular formula is C7H12F3NO. The second-order valence-corrected chi connectivity index (χ2v) is 3.41. The fourth-order valence-electron chi connectivity index (χ4n) is 0.577. The van der Waals surface area contributed by atoms with Gasteiger partial charge < -0.3 is 5.73 Å². The standard InChI is InChI=1S/C7H12F3NO/c1-6(2,11)4-3-5(12)7(8,9)10/h3-4,11H2,1-2H3. The van der Waals surface area contributed by atoms with Crippen LogP contribution in [0.3, 0.4) is 0 Å². The third-order valence-corrected chi connectivity index (χ3v) is 1.31. The lowest BCUT2D eigenvalue weighted by Crippen LogP contribution is -2.34. The molecule has 0 aliphatic carbocycles. The van der Waals surface area contributed by atoms with Gasteiger partial charge >= 0.3 is 6.18 Å². The first kappa shape index (κ1) is 11.4. The molecule has 0 aliphatic heterocycles. The summed E-state index contributed by atoms with van der Waals surface area (Å²) in [5.41, 5.74) is 4.69. The third-order valence-electron chi connectivity index (χ3n) is 1.31. The van der Waals surface area contributed by atoms with Crippen LogP contribution in [0.15, 0.2) is 0 Å². The molecule has 2 N–H and O–H groups in total. The molecule has 0 radical (unpaired) electrons. The number of ketones is 1. The molecule has 5 heteroatoms. The van der Waals surface area contributed by atoms with Crippen molar-refractivity contribution in [1.82, 2.24) is 0 Å². The number of alkyl halides is 3. The Morgan fingerprint density at radius 2 is 1.75 bits per heavy atom. The van der Waals surface area contributed by atoms with Crippen LogP contribution in [-0.4, -0.2) is 17.5 Å². The lowest BCUT2D eigenvalue weighted by Gasteiger charge is -2.17. The van der Waals surface area contributed by atoms with Gasteiger partial charge in [0.15, 0.2) is 0 Å². The highest BCUT2D eigenvalue weighted by atomic mass is 19.4. The summed E-state index contributed by atoms with van der Waals surface area (Å²) in [6.07, 6.45) is -5.20. The molecule has 0 heterocycles. The minimum Gasteiger partial charge on any atom is -0.326 e. The number of carbonyl (C=O) groups is 1. The maximum Gasteiger partial charge on any atom is 0.449 e. The van der Waals surface area contributed by atoms with Gasteiger partial charge in [-0.25, -0.2) is 0 Å². The van der Waals surface area contributed by atoms with E-state index in [-0.39, 0.29) is 6.42 Å². The summed E-state index contributed by atoms with van der Waals surface area (Å²) in [6, 6.07) is 0. The Balaban J connectivity index is 3.90. The van der Waals surface area contributed by atoms with Crippen LogP contribution >= 0.6 is 0 Å². The number of hydrogen-bond donors (Lipinski definition) is 1. The quantitative estimate of drug-likeness (QED) is 0.722. The number of halogens is 3. The van der Waals surface area contributed by atoms with Crippen LogP contribution in [0, 0.1) is 0 Å². The minimum atomic E-state index is -4.72. The molecular weight excluding hydrogens is 171 g/mol. The highest BCUT2D eigenvalue weighted by Crippen LogP contribution is 2.20. The van der Waals surface area contributed by atoms with Crippen molar-refractivity contribution in [1.29, 1.82) is 0 Å². The summed E-state index contributed by atoms with van der Waals surface area (Å²) in [6.45, 7) is 3.16. The van der Waals surface area contributed by atoms with E-state index in [1.54, 1.807) is 13.8 Å². The van der Waals surface area contributed by atoms with Gasteiger partial charge in [-0.15, -0.1) is 0 Å². The zero-order valence-corrected chi connectivity index (χ0v) is 7.03. The van der Waals surface area contributed by atoms with Gasteiger partial charge in [-0.05, 0) is 20.3 Å². The Labute approximate surface area is 68.9 Å². The van der Waals surface area contributed by atoms with E-state index in [0.29, 0.717) is 0 Å². The van der Waals surface area contributed by atoms with Crippen molar-refractivity contribution >= 4 is 5.78 Å². The molecule has 0 aromatic heterocycles. The number of Topliss-reactive ketones (excluding diaryl/α,β-unsaturated/α-hetero) is 1. The second kappa shape index (κ2) is 3.43. The molecule has 0 unspecified atom stereocenters. The van der Waals surface area contributed by atoms with Crippen LogP contribution in [0.4, 0.5) is 13.2 Å². The fourth-order valence-corrected chi connectivity index (χ4v) is 0.577. The van der Waals surface area contributed by atoms with Crippen LogP contribution in [-0.2, 0) is 4.79 Å². The Bertz CT molecular complexity index is 168. The van der Waals surface area contributed by atoms with E-state index in [1.165, 1.54) is 0 Å². The predicted octanol–water partition coefficient (Wildman–Crippen LogP) is 1.64. The van der Waals surface area contributed by atoms with Crippen molar-refractivity contribution in [2.24, 2.45) is 5.73 Å². The molecule has 0 atom stereocenters. The van der Waals surface area contributed by atoms with Crippen LogP contribution in [0.5, 0.6) is 0 Å². The van der Waals surface area contributed by atoms with E-state index in [4.69, 9.17) is 5.73 Å². The maximum atomic E-state index is 11.6. The Kier molecular flexibility index (Phi) is 3.26. The molecule has 2 nitrogen and oxygen atoms in total. The summed E-state index contributed by atoms with van der Waals surface area (Å²) < 4.78 is 34.9. The van der Waals surface area contributed by atoms with Gasteiger partial charge in [-0.1, -0.05) is 0 Å². The summed E-state index contributed by atoms with van der Waals surface area (Å²) in [7, 11) is 0. The number of hydrogen-bond acceptors (Lipinski definition) is 2. The van der Waals surface area contributed by atoms with Crippen LogP contribution in [0.2, 0.25) is 0 Å². The molecule has 0 saturated carbocycles. The lowest BCUT2D eigenvalue weighted by atomic mass is 9.98. The molecule has 72 valence electrons. The Morgan fingerprint density at radius 3 is 2.00 bits per heavy atom. The zero-order chi connectivity index (χ0) is 9.99. The molecule has 0 aliphatic rings. The van der Waals surface area contributed by atoms with Crippen molar-refractivity contribution in [3.63, 3.8) is 0 Å². The number of carbonyl (C=O) groups excluding carboxylic acids is 1. The summed E-state index contributed by atoms with van der Waals surface area (Å²) in [4.78, 5) is 10.3. The first-order valence-electron chi connectivity index (χ1n) is 3.52. The highest BCUT2D eigenvalue weighted by molar-refractivity contribution is 5.83. The van der Waals surface area contributed by atoms with E-state index < -0.39 is 23.9 Å². The van der Waals surface area contributed by atoms with E-state index in [0.717, 1.165) is 0 Å². The lowest BCUT2D eigenvalue weighted by molar-refractivity contribution is -0.171. The van der Waals surface area contributed by atoms with Crippen molar-refractivity contribution in [2.45, 2.75) is 38.4 Å². The largest absolute Gasteiger partial charge is 0.449 e. The van der Waals surface area contributed by atoms with Crippen LogP contribution in [0.25, 0.3) is 0 Å². The minimum absolute atomic E-state index is 0.0470. The maximum absolute atomic E-state index is 11.6. The van der Waals surface area contributed by atoms with Crippen molar-refractivity contribution in [3.8, 4) is 0 Å². The molecule has 0 aromatic rings. The first-order chi connectivity index (χ1) is 5.13. The summed E-state index contributed by atoms with van der Waals surface area (Å²) in [5, 5.41) is 0. The van der Waals surface area contributed by atoms with E-state index in [9.17, 15) is 18.0 Å².